The van der Waals surface area contributed by atoms with Gasteiger partial charge in [0.1, 0.15) is 6.10 Å². The number of aliphatic hydroxyl groups excluding tert-OH is 1. The molecule has 6 heteroatoms. The number of hydrogen-bond acceptors (Lipinski definition) is 6. The zero-order valence-corrected chi connectivity index (χ0v) is 9.54. The molecule has 1 aromatic rings. The second-order valence-corrected chi connectivity index (χ2v) is 3.26. The third-order valence-electron chi connectivity index (χ3n) is 2.14. The summed E-state index contributed by atoms with van der Waals surface area (Å²) in [6, 6.07) is 2.93. The summed E-state index contributed by atoms with van der Waals surface area (Å²) in [5.41, 5.74) is 0.574. The predicted octanol–water partition coefficient (Wildman–Crippen LogP) is 0.465. The van der Waals surface area contributed by atoms with Crippen molar-refractivity contribution in [2.24, 2.45) is 0 Å². The monoisotopic (exact) mass is 239 g/mol. The van der Waals surface area contributed by atoms with Gasteiger partial charge in [-0.3, -0.25) is 9.78 Å². The fourth-order valence-electron chi connectivity index (χ4n) is 1.19. The van der Waals surface area contributed by atoms with Crippen LogP contribution in [0.2, 0.25) is 0 Å². The second-order valence-electron chi connectivity index (χ2n) is 3.26. The van der Waals surface area contributed by atoms with E-state index in [0.717, 1.165) is 0 Å². The Balaban J connectivity index is 2.73. The van der Waals surface area contributed by atoms with Crippen LogP contribution in [0.1, 0.15) is 28.6 Å². The molecule has 0 radical (unpaired) electrons. The molecule has 17 heavy (non-hydrogen) atoms. The van der Waals surface area contributed by atoms with Gasteiger partial charge in [-0.25, -0.2) is 4.79 Å². The summed E-state index contributed by atoms with van der Waals surface area (Å²) < 4.78 is 8.92. The summed E-state index contributed by atoms with van der Waals surface area (Å²) in [5, 5.41) is 9.63. The molecule has 0 saturated heterocycles. The highest BCUT2D eigenvalue weighted by Gasteiger charge is 2.15. The fraction of sp³-hybridized carbons (Fsp3) is 0.364. The van der Waals surface area contributed by atoms with Crippen LogP contribution in [0.3, 0.4) is 0 Å². The summed E-state index contributed by atoms with van der Waals surface area (Å²) in [4.78, 5) is 25.9. The van der Waals surface area contributed by atoms with Gasteiger partial charge in [-0.1, -0.05) is 0 Å². The molecule has 0 aromatic carbocycles. The van der Waals surface area contributed by atoms with Crippen LogP contribution < -0.4 is 0 Å². The molecule has 0 saturated carbocycles. The third kappa shape index (κ3) is 3.53. The van der Waals surface area contributed by atoms with E-state index in [0.29, 0.717) is 5.69 Å². The molecule has 0 bridgehead atoms. The van der Waals surface area contributed by atoms with Crippen LogP contribution in [0.25, 0.3) is 0 Å². The van der Waals surface area contributed by atoms with E-state index in [1.165, 1.54) is 32.5 Å². The lowest BCUT2D eigenvalue weighted by Crippen LogP contribution is -2.10. The van der Waals surface area contributed by atoms with Gasteiger partial charge in [0.15, 0.2) is 0 Å². The zero-order chi connectivity index (χ0) is 12.8. The summed E-state index contributed by atoms with van der Waals surface area (Å²) in [6.45, 7) is 0. The van der Waals surface area contributed by atoms with Crippen molar-refractivity contribution >= 4 is 11.9 Å². The molecule has 1 rings (SSSR count). The first-order valence-electron chi connectivity index (χ1n) is 4.87. The molecule has 0 spiro atoms. The maximum atomic E-state index is 11.1. The van der Waals surface area contributed by atoms with E-state index in [9.17, 15) is 14.7 Å². The Morgan fingerprint density at radius 3 is 2.53 bits per heavy atom. The summed E-state index contributed by atoms with van der Waals surface area (Å²) in [5.74, 6) is -1.04. The van der Waals surface area contributed by atoms with E-state index < -0.39 is 18.0 Å². The number of methoxy groups -OCH3 is 2. The van der Waals surface area contributed by atoms with E-state index in [1.54, 1.807) is 0 Å². The molecule has 0 aliphatic carbocycles. The molecule has 0 aliphatic heterocycles. The van der Waals surface area contributed by atoms with Crippen molar-refractivity contribution in [2.45, 2.75) is 12.5 Å². The van der Waals surface area contributed by atoms with E-state index in [4.69, 9.17) is 0 Å². The second kappa shape index (κ2) is 5.95. The molecule has 0 unspecified atom stereocenters. The van der Waals surface area contributed by atoms with Gasteiger partial charge in [0.05, 0.1) is 31.9 Å². The number of esters is 2. The van der Waals surface area contributed by atoms with Crippen LogP contribution in [0, 0.1) is 0 Å². The van der Waals surface area contributed by atoms with Crippen LogP contribution in [-0.2, 0) is 14.3 Å². The first-order chi connectivity index (χ1) is 8.08. The molecule has 6 nitrogen and oxygen atoms in total. The van der Waals surface area contributed by atoms with Crippen molar-refractivity contribution in [1.82, 2.24) is 4.98 Å². The van der Waals surface area contributed by atoms with Crippen LogP contribution in [0.4, 0.5) is 0 Å². The van der Waals surface area contributed by atoms with Crippen LogP contribution in [-0.4, -0.2) is 36.2 Å². The van der Waals surface area contributed by atoms with Crippen LogP contribution in [0.15, 0.2) is 18.3 Å². The molecular formula is C11H13NO5. The van der Waals surface area contributed by atoms with Crippen LogP contribution in [0.5, 0.6) is 0 Å². The molecule has 0 aliphatic rings. The molecule has 1 aromatic heterocycles. The van der Waals surface area contributed by atoms with E-state index >= 15 is 0 Å². The minimum atomic E-state index is -1.05. The number of pyridine rings is 1. The Bertz CT molecular complexity index is 401. The van der Waals surface area contributed by atoms with E-state index in [-0.39, 0.29) is 12.0 Å². The van der Waals surface area contributed by atoms with Gasteiger partial charge in [-0.05, 0) is 12.1 Å². The smallest absolute Gasteiger partial charge is 0.339 e. The van der Waals surface area contributed by atoms with Crippen molar-refractivity contribution in [3.63, 3.8) is 0 Å². The Hall–Kier alpha value is -1.95. The highest BCUT2D eigenvalue weighted by molar-refractivity contribution is 5.88. The topological polar surface area (TPSA) is 85.7 Å². The SMILES string of the molecule is COC(=O)C[C@@H](O)c1ccc(C(=O)OC)cn1. The maximum absolute atomic E-state index is 11.1. The van der Waals surface area contributed by atoms with Gasteiger partial charge in [0, 0.05) is 6.20 Å². The summed E-state index contributed by atoms with van der Waals surface area (Å²) in [6.07, 6.45) is 0.0529. The lowest BCUT2D eigenvalue weighted by atomic mass is 10.1. The molecule has 0 fully saturated rings. The minimum absolute atomic E-state index is 0.179. The van der Waals surface area contributed by atoms with Crippen molar-refractivity contribution < 1.29 is 24.2 Å². The minimum Gasteiger partial charge on any atom is -0.469 e. The average molecular weight is 239 g/mol. The van der Waals surface area contributed by atoms with Gasteiger partial charge in [-0.2, -0.15) is 0 Å². The van der Waals surface area contributed by atoms with Gasteiger partial charge < -0.3 is 14.6 Å². The standard InChI is InChI=1S/C11H13NO5/c1-16-10(14)5-9(13)8-4-3-7(6-12-8)11(15)17-2/h3-4,6,9,13H,5H2,1-2H3/t9-/m1/s1. The number of ether oxygens (including phenoxy) is 2. The summed E-state index contributed by atoms with van der Waals surface area (Å²) >= 11 is 0. The maximum Gasteiger partial charge on any atom is 0.339 e. The number of nitrogens with zero attached hydrogens (tertiary/aromatic N) is 1. The molecule has 1 N–H and O–H groups in total. The highest BCUT2D eigenvalue weighted by Crippen LogP contribution is 2.15. The average Bonchev–Trinajstić information content (AvgIpc) is 2.37. The fourth-order valence-corrected chi connectivity index (χ4v) is 1.19. The molecular weight excluding hydrogens is 226 g/mol. The predicted molar refractivity (Wildman–Crippen MR) is 57.2 cm³/mol. The van der Waals surface area contributed by atoms with Crippen molar-refractivity contribution in [1.29, 1.82) is 0 Å². The third-order valence-corrected chi connectivity index (χ3v) is 2.14. The van der Waals surface area contributed by atoms with Gasteiger partial charge in [-0.15, -0.1) is 0 Å². The number of aromatic nitrogens is 1. The first-order valence-corrected chi connectivity index (χ1v) is 4.87. The number of hydrogen-bond donors (Lipinski definition) is 1. The Labute approximate surface area is 98.2 Å². The highest BCUT2D eigenvalue weighted by atomic mass is 16.5. The number of carbonyl (C=O) groups excluding carboxylic acids is 2. The summed E-state index contributed by atoms with van der Waals surface area (Å²) in [7, 11) is 2.51. The lowest BCUT2D eigenvalue weighted by molar-refractivity contribution is -0.142. The molecule has 1 atom stereocenters. The van der Waals surface area contributed by atoms with Crippen molar-refractivity contribution in [3.8, 4) is 0 Å². The van der Waals surface area contributed by atoms with E-state index in [2.05, 4.69) is 14.5 Å². The molecule has 0 amide bonds. The quantitative estimate of drug-likeness (QED) is 0.768. The Morgan fingerprint density at radius 2 is 2.06 bits per heavy atom. The Morgan fingerprint density at radius 1 is 1.35 bits per heavy atom. The first kappa shape index (κ1) is 13.1. The lowest BCUT2D eigenvalue weighted by Gasteiger charge is -2.08. The van der Waals surface area contributed by atoms with E-state index in [1.807, 2.05) is 0 Å². The number of aliphatic hydroxyl groups is 1. The van der Waals surface area contributed by atoms with Gasteiger partial charge >= 0.3 is 11.9 Å². The van der Waals surface area contributed by atoms with Crippen molar-refractivity contribution in [2.75, 3.05) is 14.2 Å². The zero-order valence-electron chi connectivity index (χ0n) is 9.54. The number of rotatable bonds is 4. The van der Waals surface area contributed by atoms with Gasteiger partial charge in [0.25, 0.3) is 0 Å². The Kier molecular flexibility index (Phi) is 4.59. The van der Waals surface area contributed by atoms with Crippen molar-refractivity contribution in [3.05, 3.63) is 29.6 Å². The van der Waals surface area contributed by atoms with Crippen LogP contribution >= 0.6 is 0 Å². The normalized spacial score (nSPS) is 11.7. The molecule has 1 heterocycles. The van der Waals surface area contributed by atoms with Gasteiger partial charge in [0.2, 0.25) is 0 Å². The number of carbonyl (C=O) groups is 2. The largest absolute Gasteiger partial charge is 0.469 e. The molecule has 92 valence electrons.